The number of nitrogens with one attached hydrogen (secondary N) is 1. The summed E-state index contributed by atoms with van der Waals surface area (Å²) in [4.78, 5) is 25.4. The van der Waals surface area contributed by atoms with E-state index in [1.807, 2.05) is 60.8 Å². The fraction of sp³-hybridized carbons (Fsp3) is 0.259. The normalized spacial score (nSPS) is 10.9. The summed E-state index contributed by atoms with van der Waals surface area (Å²) in [5.74, 6) is -0.0592. The first kappa shape index (κ1) is 24.3. The van der Waals surface area contributed by atoms with Gasteiger partial charge in [0, 0.05) is 22.6 Å². The van der Waals surface area contributed by atoms with E-state index in [2.05, 4.69) is 12.2 Å². The lowest BCUT2D eigenvalue weighted by Gasteiger charge is -2.09. The van der Waals surface area contributed by atoms with Crippen LogP contribution in [0.25, 0.3) is 17.2 Å². The Kier molecular flexibility index (Phi) is 8.84. The molecule has 1 amide bonds. The number of carbonyl (C=O) groups is 2. The van der Waals surface area contributed by atoms with Crippen LogP contribution in [-0.2, 0) is 16.0 Å². The van der Waals surface area contributed by atoms with Gasteiger partial charge in [-0.05, 0) is 43.0 Å². The van der Waals surface area contributed by atoms with Crippen LogP contribution in [0.1, 0.15) is 48.7 Å². The topological polar surface area (TPSA) is 64.6 Å². The van der Waals surface area contributed by atoms with Gasteiger partial charge in [0.05, 0.1) is 13.2 Å². The van der Waals surface area contributed by atoms with Gasteiger partial charge in [-0.1, -0.05) is 56.3 Å². The fourth-order valence-electron chi connectivity index (χ4n) is 3.27. The molecule has 3 rings (SSSR count). The predicted molar refractivity (Wildman–Crippen MR) is 135 cm³/mol. The Morgan fingerprint density at radius 2 is 1.79 bits per heavy atom. The van der Waals surface area contributed by atoms with Gasteiger partial charge in [-0.2, -0.15) is 0 Å². The molecule has 172 valence electrons. The van der Waals surface area contributed by atoms with Gasteiger partial charge < -0.3 is 14.8 Å². The van der Waals surface area contributed by atoms with E-state index in [9.17, 15) is 9.59 Å². The number of benzene rings is 2. The van der Waals surface area contributed by atoms with E-state index in [4.69, 9.17) is 9.47 Å². The molecule has 0 aliphatic rings. The number of amides is 1. The van der Waals surface area contributed by atoms with Crippen LogP contribution in [0.3, 0.4) is 0 Å². The van der Waals surface area contributed by atoms with Gasteiger partial charge in [-0.25, -0.2) is 4.79 Å². The van der Waals surface area contributed by atoms with Gasteiger partial charge in [-0.15, -0.1) is 11.3 Å². The highest BCUT2D eigenvalue weighted by atomic mass is 32.1. The average Bonchev–Trinajstić information content (AvgIpc) is 3.25. The molecule has 0 aliphatic heterocycles. The van der Waals surface area contributed by atoms with Crippen LogP contribution in [0.5, 0.6) is 5.75 Å². The second-order valence-electron chi connectivity index (χ2n) is 7.33. The van der Waals surface area contributed by atoms with E-state index in [0.29, 0.717) is 17.2 Å². The standard InChI is InChI=1S/C27H29NO4S/c1-4-17-32-23-10-8-7-9-21(23)15-16-24(29)28-26-25(27(30)31-6-3)22(18-33-26)20-13-11-19(5-2)12-14-20/h7-16,18H,4-6,17H2,1-3H3,(H,28,29)/b16-15+. The van der Waals surface area contributed by atoms with Crippen LogP contribution in [0.2, 0.25) is 0 Å². The molecule has 0 unspecified atom stereocenters. The maximum absolute atomic E-state index is 12.7. The van der Waals surface area contributed by atoms with E-state index < -0.39 is 5.97 Å². The van der Waals surface area contributed by atoms with Gasteiger partial charge in [0.15, 0.2) is 0 Å². The second-order valence-corrected chi connectivity index (χ2v) is 8.21. The van der Waals surface area contributed by atoms with Crippen LogP contribution in [0.15, 0.2) is 60.0 Å². The summed E-state index contributed by atoms with van der Waals surface area (Å²) in [7, 11) is 0. The number of hydrogen-bond donors (Lipinski definition) is 1. The van der Waals surface area contributed by atoms with E-state index >= 15 is 0 Å². The lowest BCUT2D eigenvalue weighted by Crippen LogP contribution is -2.12. The Bertz CT molecular complexity index is 1120. The third-order valence-corrected chi connectivity index (χ3v) is 5.87. The Balaban J connectivity index is 1.84. The number of para-hydroxylation sites is 1. The van der Waals surface area contributed by atoms with Crippen molar-refractivity contribution in [2.24, 2.45) is 0 Å². The Labute approximate surface area is 199 Å². The second kappa shape index (κ2) is 12.0. The zero-order valence-electron chi connectivity index (χ0n) is 19.2. The fourth-order valence-corrected chi connectivity index (χ4v) is 4.23. The molecule has 1 N–H and O–H groups in total. The summed E-state index contributed by atoms with van der Waals surface area (Å²) in [6.45, 7) is 6.76. The number of carbonyl (C=O) groups excluding carboxylic acids is 2. The third-order valence-electron chi connectivity index (χ3n) is 4.98. The average molecular weight is 464 g/mol. The monoisotopic (exact) mass is 463 g/mol. The molecular weight excluding hydrogens is 434 g/mol. The summed E-state index contributed by atoms with van der Waals surface area (Å²) < 4.78 is 11.0. The molecule has 0 spiro atoms. The van der Waals surface area contributed by atoms with Crippen LogP contribution < -0.4 is 10.1 Å². The minimum atomic E-state index is -0.453. The Hall–Kier alpha value is -3.38. The van der Waals surface area contributed by atoms with Crippen molar-refractivity contribution >= 4 is 34.3 Å². The van der Waals surface area contributed by atoms with Crippen molar-refractivity contribution in [3.8, 4) is 16.9 Å². The molecule has 33 heavy (non-hydrogen) atoms. The highest BCUT2D eigenvalue weighted by molar-refractivity contribution is 7.15. The van der Waals surface area contributed by atoms with E-state index in [0.717, 1.165) is 35.3 Å². The summed E-state index contributed by atoms with van der Waals surface area (Å²) in [5, 5.41) is 5.19. The van der Waals surface area contributed by atoms with E-state index in [-0.39, 0.29) is 12.5 Å². The van der Waals surface area contributed by atoms with Crippen molar-refractivity contribution in [1.82, 2.24) is 0 Å². The zero-order chi connectivity index (χ0) is 23.6. The summed E-state index contributed by atoms with van der Waals surface area (Å²) in [6.07, 6.45) is 4.99. The lowest BCUT2D eigenvalue weighted by molar-refractivity contribution is -0.111. The molecule has 5 nitrogen and oxygen atoms in total. The molecule has 2 aromatic carbocycles. The highest BCUT2D eigenvalue weighted by Gasteiger charge is 2.22. The molecule has 1 aromatic heterocycles. The smallest absolute Gasteiger partial charge is 0.341 e. The zero-order valence-corrected chi connectivity index (χ0v) is 20.0. The number of aryl methyl sites for hydroxylation is 1. The molecule has 0 bridgehead atoms. The lowest BCUT2D eigenvalue weighted by atomic mass is 10.0. The largest absolute Gasteiger partial charge is 0.493 e. The molecule has 0 atom stereocenters. The van der Waals surface area contributed by atoms with Crippen molar-refractivity contribution in [3.63, 3.8) is 0 Å². The number of anilines is 1. The highest BCUT2D eigenvalue weighted by Crippen LogP contribution is 2.36. The quantitative estimate of drug-likeness (QED) is 0.272. The molecule has 0 fully saturated rings. The number of esters is 1. The molecule has 0 saturated heterocycles. The van der Waals surface area contributed by atoms with Crippen LogP contribution in [0, 0.1) is 0 Å². The van der Waals surface area contributed by atoms with Crippen LogP contribution >= 0.6 is 11.3 Å². The third kappa shape index (κ3) is 6.33. The molecule has 0 radical (unpaired) electrons. The maximum atomic E-state index is 12.7. The molecule has 6 heteroatoms. The Morgan fingerprint density at radius 3 is 2.48 bits per heavy atom. The van der Waals surface area contributed by atoms with Crippen molar-refractivity contribution in [2.75, 3.05) is 18.5 Å². The van der Waals surface area contributed by atoms with Gasteiger partial charge >= 0.3 is 5.97 Å². The molecule has 0 aliphatic carbocycles. The van der Waals surface area contributed by atoms with Gasteiger partial charge in [0.2, 0.25) is 5.91 Å². The minimum Gasteiger partial charge on any atom is -0.493 e. The summed E-state index contributed by atoms with van der Waals surface area (Å²) in [5.41, 5.74) is 4.06. The molecule has 3 aromatic rings. The SMILES string of the molecule is CCCOc1ccccc1/C=C/C(=O)Nc1scc(-c2ccc(CC)cc2)c1C(=O)OCC. The van der Waals surface area contributed by atoms with Gasteiger partial charge in [0.1, 0.15) is 16.3 Å². The van der Waals surface area contributed by atoms with Gasteiger partial charge in [0.25, 0.3) is 0 Å². The summed E-state index contributed by atoms with van der Waals surface area (Å²) in [6, 6.07) is 15.6. The number of hydrogen-bond acceptors (Lipinski definition) is 5. The van der Waals surface area contributed by atoms with E-state index in [1.54, 1.807) is 13.0 Å². The van der Waals surface area contributed by atoms with Gasteiger partial charge in [-0.3, -0.25) is 4.79 Å². The number of ether oxygens (including phenoxy) is 2. The first-order valence-electron chi connectivity index (χ1n) is 11.2. The molecule has 1 heterocycles. The first-order valence-corrected chi connectivity index (χ1v) is 12.0. The van der Waals surface area contributed by atoms with Crippen molar-refractivity contribution < 1.29 is 19.1 Å². The maximum Gasteiger partial charge on any atom is 0.341 e. The summed E-state index contributed by atoms with van der Waals surface area (Å²) >= 11 is 1.31. The van der Waals surface area contributed by atoms with Crippen molar-refractivity contribution in [1.29, 1.82) is 0 Å². The first-order chi connectivity index (χ1) is 16.1. The molecule has 0 saturated carbocycles. The van der Waals surface area contributed by atoms with E-state index in [1.165, 1.54) is 23.0 Å². The number of rotatable bonds is 10. The Morgan fingerprint density at radius 1 is 1.03 bits per heavy atom. The van der Waals surface area contributed by atoms with Crippen molar-refractivity contribution in [3.05, 3.63) is 76.7 Å². The van der Waals surface area contributed by atoms with Crippen molar-refractivity contribution in [2.45, 2.75) is 33.6 Å². The van der Waals surface area contributed by atoms with Crippen LogP contribution in [-0.4, -0.2) is 25.1 Å². The predicted octanol–water partition coefficient (Wildman–Crippen LogP) is 6.59. The minimum absolute atomic E-state index is 0.255. The van der Waals surface area contributed by atoms with Crippen LogP contribution in [0.4, 0.5) is 5.00 Å². The number of thiophene rings is 1. The molecular formula is C27H29NO4S.